The van der Waals surface area contributed by atoms with Crippen LogP contribution in [-0.2, 0) is 4.74 Å². The van der Waals surface area contributed by atoms with Gasteiger partial charge < -0.3 is 20.1 Å². The molecule has 0 amide bonds. The number of rotatable bonds is 1. The zero-order chi connectivity index (χ0) is 7.72. The van der Waals surface area contributed by atoms with E-state index >= 15 is 0 Å². The Labute approximate surface area is 59.1 Å². The second-order valence-corrected chi connectivity index (χ2v) is 2.54. The summed E-state index contributed by atoms with van der Waals surface area (Å²) in [5.74, 6) is 0. The lowest BCUT2D eigenvalue weighted by molar-refractivity contribution is -0.0171. The number of aliphatic hydroxyl groups excluding tert-OH is 3. The smallest absolute Gasteiger partial charge is 0.111 e. The van der Waals surface area contributed by atoms with E-state index in [0.717, 1.165) is 0 Å². The minimum Gasteiger partial charge on any atom is -0.394 e. The first kappa shape index (κ1) is 7.94. The molecule has 4 heteroatoms. The number of ether oxygens (including phenoxy) is 1. The first-order chi connectivity index (χ1) is 4.66. The van der Waals surface area contributed by atoms with Gasteiger partial charge in [0.15, 0.2) is 0 Å². The fraction of sp³-hybridized carbons (Fsp3) is 1.00. The van der Waals surface area contributed by atoms with Crippen LogP contribution in [0.2, 0.25) is 0 Å². The molecule has 10 heavy (non-hydrogen) atoms. The van der Waals surface area contributed by atoms with Gasteiger partial charge in [0.2, 0.25) is 0 Å². The Hall–Kier alpha value is -0.160. The molecule has 0 aromatic rings. The lowest BCUT2D eigenvalue weighted by Gasteiger charge is -2.10. The maximum absolute atomic E-state index is 9.09. The molecule has 0 bridgehead atoms. The first-order valence-electron chi connectivity index (χ1n) is 3.29. The highest BCUT2D eigenvalue weighted by molar-refractivity contribution is 4.87. The van der Waals surface area contributed by atoms with Crippen LogP contribution in [0.15, 0.2) is 0 Å². The van der Waals surface area contributed by atoms with Crippen LogP contribution in [0.3, 0.4) is 0 Å². The summed E-state index contributed by atoms with van der Waals surface area (Å²) in [6.45, 7) is 1.41. The summed E-state index contributed by atoms with van der Waals surface area (Å²) in [4.78, 5) is 0. The van der Waals surface area contributed by atoms with E-state index in [0.29, 0.717) is 0 Å². The molecule has 0 aliphatic carbocycles. The van der Waals surface area contributed by atoms with E-state index in [1.807, 2.05) is 0 Å². The van der Waals surface area contributed by atoms with Gasteiger partial charge in [-0.05, 0) is 6.92 Å². The standard InChI is InChI=1S/C6H12O4/c1-3-5(8)6(9)4(2-7)10-3/h3-9H,2H2,1H3/t3?,4?,5-,6-/m1/s1. The fourth-order valence-corrected chi connectivity index (χ4v) is 1.09. The van der Waals surface area contributed by atoms with Crippen LogP contribution in [0.4, 0.5) is 0 Å². The van der Waals surface area contributed by atoms with Crippen molar-refractivity contribution in [3.8, 4) is 0 Å². The molecule has 4 atom stereocenters. The molecule has 1 aliphatic heterocycles. The maximum Gasteiger partial charge on any atom is 0.111 e. The third kappa shape index (κ3) is 1.15. The van der Waals surface area contributed by atoms with Gasteiger partial charge in [0, 0.05) is 0 Å². The molecule has 0 saturated carbocycles. The highest BCUT2D eigenvalue weighted by Crippen LogP contribution is 2.19. The zero-order valence-corrected chi connectivity index (χ0v) is 5.77. The summed E-state index contributed by atoms with van der Waals surface area (Å²) in [6.07, 6.45) is -2.81. The van der Waals surface area contributed by atoms with Gasteiger partial charge in [-0.25, -0.2) is 0 Å². The van der Waals surface area contributed by atoms with Gasteiger partial charge in [-0.15, -0.1) is 0 Å². The second-order valence-electron chi connectivity index (χ2n) is 2.54. The fourth-order valence-electron chi connectivity index (χ4n) is 1.09. The van der Waals surface area contributed by atoms with Crippen molar-refractivity contribution in [1.29, 1.82) is 0 Å². The Bertz CT molecular complexity index is 116. The molecule has 0 aromatic heterocycles. The van der Waals surface area contributed by atoms with Crippen LogP contribution in [0.25, 0.3) is 0 Å². The van der Waals surface area contributed by atoms with Crippen molar-refractivity contribution in [2.24, 2.45) is 0 Å². The van der Waals surface area contributed by atoms with Crippen LogP contribution in [0.1, 0.15) is 6.92 Å². The number of hydrogen-bond donors (Lipinski definition) is 3. The normalized spacial score (nSPS) is 48.0. The summed E-state index contributed by atoms with van der Waals surface area (Å²) in [5.41, 5.74) is 0. The molecule has 3 N–H and O–H groups in total. The van der Waals surface area contributed by atoms with Crippen molar-refractivity contribution < 1.29 is 20.1 Å². The number of aliphatic hydroxyl groups is 3. The quantitative estimate of drug-likeness (QED) is 0.422. The van der Waals surface area contributed by atoms with E-state index in [4.69, 9.17) is 20.1 Å². The predicted molar refractivity (Wildman–Crippen MR) is 33.4 cm³/mol. The van der Waals surface area contributed by atoms with Crippen molar-refractivity contribution in [2.75, 3.05) is 6.61 Å². The van der Waals surface area contributed by atoms with E-state index in [9.17, 15) is 0 Å². The summed E-state index contributed by atoms with van der Waals surface area (Å²) in [7, 11) is 0. The predicted octanol–water partition coefficient (Wildman–Crippen LogP) is -1.51. The highest BCUT2D eigenvalue weighted by Gasteiger charge is 2.39. The molecule has 4 nitrogen and oxygen atoms in total. The van der Waals surface area contributed by atoms with Gasteiger partial charge in [0.05, 0.1) is 12.7 Å². The third-order valence-electron chi connectivity index (χ3n) is 1.78. The van der Waals surface area contributed by atoms with Crippen LogP contribution < -0.4 is 0 Å². The van der Waals surface area contributed by atoms with E-state index in [1.165, 1.54) is 0 Å². The Kier molecular flexibility index (Phi) is 2.25. The Balaban J connectivity index is 2.53. The van der Waals surface area contributed by atoms with Gasteiger partial charge >= 0.3 is 0 Å². The van der Waals surface area contributed by atoms with Crippen LogP contribution in [0.5, 0.6) is 0 Å². The van der Waals surface area contributed by atoms with E-state index < -0.39 is 18.3 Å². The molecule has 2 unspecified atom stereocenters. The van der Waals surface area contributed by atoms with Gasteiger partial charge in [-0.2, -0.15) is 0 Å². The van der Waals surface area contributed by atoms with Gasteiger partial charge in [-0.1, -0.05) is 0 Å². The molecular formula is C6H12O4. The summed E-state index contributed by atoms with van der Waals surface area (Å²) < 4.78 is 4.98. The monoisotopic (exact) mass is 148 g/mol. The molecule has 1 aliphatic rings. The molecule has 1 rings (SSSR count). The molecule has 1 saturated heterocycles. The van der Waals surface area contributed by atoms with Gasteiger partial charge in [-0.3, -0.25) is 0 Å². The van der Waals surface area contributed by atoms with Crippen molar-refractivity contribution in [3.63, 3.8) is 0 Å². The SMILES string of the molecule is CC1OC(CO)[C@@H](O)[C@@H]1O. The molecule has 0 aromatic carbocycles. The summed E-state index contributed by atoms with van der Waals surface area (Å²) in [6, 6.07) is 0. The Morgan fingerprint density at radius 2 is 1.90 bits per heavy atom. The van der Waals surface area contributed by atoms with E-state index in [2.05, 4.69) is 0 Å². The van der Waals surface area contributed by atoms with Crippen molar-refractivity contribution in [3.05, 3.63) is 0 Å². The largest absolute Gasteiger partial charge is 0.394 e. The average Bonchev–Trinajstić information content (AvgIpc) is 2.17. The maximum atomic E-state index is 9.09. The van der Waals surface area contributed by atoms with Crippen LogP contribution in [0, 0.1) is 0 Å². The Morgan fingerprint density at radius 1 is 1.30 bits per heavy atom. The van der Waals surface area contributed by atoms with E-state index in [-0.39, 0.29) is 12.7 Å². The molecule has 0 radical (unpaired) electrons. The van der Waals surface area contributed by atoms with Crippen molar-refractivity contribution in [1.82, 2.24) is 0 Å². The molecular weight excluding hydrogens is 136 g/mol. The zero-order valence-electron chi connectivity index (χ0n) is 5.77. The van der Waals surface area contributed by atoms with E-state index in [1.54, 1.807) is 6.92 Å². The molecule has 0 spiro atoms. The topological polar surface area (TPSA) is 69.9 Å². The lowest BCUT2D eigenvalue weighted by Crippen LogP contribution is -2.33. The van der Waals surface area contributed by atoms with Gasteiger partial charge in [0.1, 0.15) is 18.3 Å². The minimum atomic E-state index is -0.944. The number of hydrogen-bond acceptors (Lipinski definition) is 4. The van der Waals surface area contributed by atoms with Crippen molar-refractivity contribution >= 4 is 0 Å². The Morgan fingerprint density at radius 3 is 2.10 bits per heavy atom. The average molecular weight is 148 g/mol. The minimum absolute atomic E-state index is 0.247. The van der Waals surface area contributed by atoms with Gasteiger partial charge in [0.25, 0.3) is 0 Å². The van der Waals surface area contributed by atoms with Crippen LogP contribution in [-0.4, -0.2) is 46.3 Å². The lowest BCUT2D eigenvalue weighted by atomic mass is 10.1. The second kappa shape index (κ2) is 2.84. The summed E-state index contributed by atoms with van der Waals surface area (Å²) >= 11 is 0. The first-order valence-corrected chi connectivity index (χ1v) is 3.29. The van der Waals surface area contributed by atoms with Crippen molar-refractivity contribution in [2.45, 2.75) is 31.3 Å². The highest BCUT2D eigenvalue weighted by atomic mass is 16.5. The molecule has 1 fully saturated rings. The molecule has 1 heterocycles. The van der Waals surface area contributed by atoms with Crippen LogP contribution >= 0.6 is 0 Å². The molecule has 60 valence electrons. The third-order valence-corrected chi connectivity index (χ3v) is 1.78. The summed E-state index contributed by atoms with van der Waals surface area (Å²) in [5, 5.41) is 26.8.